The maximum Gasteiger partial charge on any atom is 0.219 e. The van der Waals surface area contributed by atoms with E-state index in [1.54, 1.807) is 23.7 Å². The van der Waals surface area contributed by atoms with Crippen molar-refractivity contribution < 1.29 is 9.84 Å². The van der Waals surface area contributed by atoms with Crippen LogP contribution >= 0.6 is 11.3 Å². The molecule has 9 nitrogen and oxygen atoms in total. The summed E-state index contributed by atoms with van der Waals surface area (Å²) in [4.78, 5) is 24.0. The average Bonchev–Trinajstić information content (AvgIpc) is 3.33. The summed E-state index contributed by atoms with van der Waals surface area (Å²) in [7, 11) is 0. The van der Waals surface area contributed by atoms with Gasteiger partial charge in [0.2, 0.25) is 5.95 Å². The van der Waals surface area contributed by atoms with Crippen molar-refractivity contribution in [3.8, 4) is 11.4 Å². The second-order valence-electron chi connectivity index (χ2n) is 9.40. The number of anilines is 2. The molecule has 36 heavy (non-hydrogen) atoms. The number of hydrogen-bond donors (Lipinski definition) is 2. The van der Waals surface area contributed by atoms with Gasteiger partial charge >= 0.3 is 0 Å². The number of likely N-dealkylation sites (tertiary alicyclic amines) is 1. The largest absolute Gasteiger partial charge is 0.385 e. The van der Waals surface area contributed by atoms with Crippen molar-refractivity contribution in [1.29, 1.82) is 0 Å². The number of thiophene rings is 1. The third-order valence-corrected chi connectivity index (χ3v) is 8.12. The molecule has 3 N–H and O–H groups in total. The van der Waals surface area contributed by atoms with E-state index in [9.17, 15) is 5.11 Å². The minimum atomic E-state index is -0.747. The lowest BCUT2D eigenvalue weighted by atomic mass is 9.84. The summed E-state index contributed by atoms with van der Waals surface area (Å²) in [5, 5.41) is 11.2. The molecular formula is C26H29N7O2S. The van der Waals surface area contributed by atoms with E-state index in [0.717, 1.165) is 72.7 Å². The monoisotopic (exact) mass is 503 g/mol. The zero-order chi connectivity index (χ0) is 24.5. The summed E-state index contributed by atoms with van der Waals surface area (Å²) >= 11 is 1.75. The third-order valence-electron chi connectivity index (χ3n) is 7.02. The van der Waals surface area contributed by atoms with Gasteiger partial charge in [0.1, 0.15) is 0 Å². The second-order valence-corrected chi connectivity index (χ2v) is 10.5. The highest BCUT2D eigenvalue weighted by Crippen LogP contribution is 2.37. The number of rotatable bonds is 5. The second kappa shape index (κ2) is 9.70. The van der Waals surface area contributed by atoms with Crippen LogP contribution in [0.2, 0.25) is 0 Å². The van der Waals surface area contributed by atoms with Crippen LogP contribution < -0.4 is 10.6 Å². The van der Waals surface area contributed by atoms with Crippen LogP contribution in [-0.4, -0.2) is 69.3 Å². The Morgan fingerprint density at radius 1 is 1.00 bits per heavy atom. The van der Waals surface area contributed by atoms with Gasteiger partial charge in [-0.1, -0.05) is 30.3 Å². The Morgan fingerprint density at radius 2 is 1.72 bits per heavy atom. The fourth-order valence-electron chi connectivity index (χ4n) is 4.95. The molecule has 2 aliphatic heterocycles. The molecule has 0 saturated carbocycles. The van der Waals surface area contributed by atoms with Gasteiger partial charge in [0, 0.05) is 50.0 Å². The van der Waals surface area contributed by atoms with E-state index in [4.69, 9.17) is 20.4 Å². The topological polar surface area (TPSA) is 114 Å². The first-order valence-electron chi connectivity index (χ1n) is 12.3. The number of aromatic nitrogens is 4. The van der Waals surface area contributed by atoms with Crippen molar-refractivity contribution in [3.05, 3.63) is 59.2 Å². The molecule has 2 aliphatic rings. The maximum atomic E-state index is 11.2. The van der Waals surface area contributed by atoms with Crippen LogP contribution in [0.15, 0.2) is 48.8 Å². The highest BCUT2D eigenvalue weighted by molar-refractivity contribution is 7.19. The summed E-state index contributed by atoms with van der Waals surface area (Å²) in [6.07, 6.45) is 4.78. The SMILES string of the molecule is Nc1ncc(-c2nc(N3CCOCC3)c3sc(CN4CCC(O)(c5ccccc5)CC4)cc3n2)cn1. The highest BCUT2D eigenvalue weighted by atomic mass is 32.1. The molecule has 0 unspecified atom stereocenters. The van der Waals surface area contributed by atoms with Crippen LogP contribution in [0.4, 0.5) is 11.8 Å². The number of nitrogen functional groups attached to an aromatic ring is 1. The smallest absolute Gasteiger partial charge is 0.219 e. The van der Waals surface area contributed by atoms with E-state index >= 15 is 0 Å². The molecule has 2 saturated heterocycles. The molecule has 0 amide bonds. The van der Waals surface area contributed by atoms with Gasteiger partial charge in [0.15, 0.2) is 11.6 Å². The van der Waals surface area contributed by atoms with Gasteiger partial charge in [-0.25, -0.2) is 19.9 Å². The molecule has 0 atom stereocenters. The zero-order valence-corrected chi connectivity index (χ0v) is 20.8. The normalized spacial score (nSPS) is 18.5. The lowest BCUT2D eigenvalue weighted by Gasteiger charge is -2.38. The molecule has 6 rings (SSSR count). The first kappa shape index (κ1) is 23.2. The number of morpholine rings is 1. The number of benzene rings is 1. The summed E-state index contributed by atoms with van der Waals surface area (Å²) in [6.45, 7) is 5.47. The van der Waals surface area contributed by atoms with E-state index in [-0.39, 0.29) is 5.95 Å². The molecule has 4 aromatic rings. The molecule has 2 fully saturated rings. The Labute approximate surface area is 213 Å². The predicted molar refractivity (Wildman–Crippen MR) is 141 cm³/mol. The zero-order valence-electron chi connectivity index (χ0n) is 20.0. The van der Waals surface area contributed by atoms with Crippen molar-refractivity contribution >= 4 is 33.3 Å². The Bertz CT molecular complexity index is 1330. The molecule has 3 aromatic heterocycles. The van der Waals surface area contributed by atoms with Crippen LogP contribution in [0.25, 0.3) is 21.6 Å². The molecule has 5 heterocycles. The van der Waals surface area contributed by atoms with Gasteiger partial charge in [0.25, 0.3) is 0 Å². The Kier molecular flexibility index (Phi) is 6.26. The standard InChI is InChI=1S/C26H29N7O2S/c27-25-28-15-18(16-29-25)23-30-21-14-20(36-22(21)24(31-23)33-10-12-35-13-11-33)17-32-8-6-26(34,7-9-32)19-4-2-1-3-5-19/h1-5,14-16,34H,6-13,17H2,(H2,27,28,29). The quantitative estimate of drug-likeness (QED) is 0.424. The lowest BCUT2D eigenvalue weighted by molar-refractivity contribution is -0.0275. The first-order chi connectivity index (χ1) is 17.6. The number of piperidine rings is 1. The fraction of sp³-hybridized carbons (Fsp3) is 0.385. The number of fused-ring (bicyclic) bond motifs is 1. The molecular weight excluding hydrogens is 474 g/mol. The molecule has 0 radical (unpaired) electrons. The van der Waals surface area contributed by atoms with Gasteiger partial charge in [-0.2, -0.15) is 0 Å². The lowest BCUT2D eigenvalue weighted by Crippen LogP contribution is -2.42. The van der Waals surface area contributed by atoms with Crippen molar-refractivity contribution in [2.75, 3.05) is 50.0 Å². The third kappa shape index (κ3) is 4.64. The first-order valence-corrected chi connectivity index (χ1v) is 13.1. The van der Waals surface area contributed by atoms with Gasteiger partial charge in [-0.15, -0.1) is 11.3 Å². The highest BCUT2D eigenvalue weighted by Gasteiger charge is 2.34. The van der Waals surface area contributed by atoms with E-state index < -0.39 is 5.60 Å². The van der Waals surface area contributed by atoms with Gasteiger partial charge in [-0.05, 0) is 24.5 Å². The number of nitrogens with two attached hydrogens (primary N) is 1. The van der Waals surface area contributed by atoms with Crippen LogP contribution in [0.5, 0.6) is 0 Å². The fourth-order valence-corrected chi connectivity index (χ4v) is 6.11. The molecule has 0 spiro atoms. The summed E-state index contributed by atoms with van der Waals surface area (Å²) in [5.41, 5.74) is 7.61. The van der Waals surface area contributed by atoms with Crippen LogP contribution in [0.1, 0.15) is 23.3 Å². The van der Waals surface area contributed by atoms with E-state index in [0.29, 0.717) is 19.0 Å². The number of ether oxygens (including phenoxy) is 1. The van der Waals surface area contributed by atoms with Gasteiger partial charge in [-0.3, -0.25) is 4.90 Å². The van der Waals surface area contributed by atoms with Crippen LogP contribution in [0.3, 0.4) is 0 Å². The molecule has 1 aromatic carbocycles. The molecule has 186 valence electrons. The van der Waals surface area contributed by atoms with Gasteiger partial charge < -0.3 is 20.5 Å². The van der Waals surface area contributed by atoms with E-state index in [1.165, 1.54) is 4.88 Å². The summed E-state index contributed by atoms with van der Waals surface area (Å²) < 4.78 is 6.66. The summed E-state index contributed by atoms with van der Waals surface area (Å²) in [5.74, 6) is 1.76. The number of hydrogen-bond acceptors (Lipinski definition) is 10. The van der Waals surface area contributed by atoms with Gasteiger partial charge in [0.05, 0.1) is 34.6 Å². The number of nitrogens with zero attached hydrogens (tertiary/aromatic N) is 6. The minimum absolute atomic E-state index is 0.228. The average molecular weight is 504 g/mol. The maximum absolute atomic E-state index is 11.2. The molecule has 0 aliphatic carbocycles. The Hall–Kier alpha value is -3.18. The van der Waals surface area contributed by atoms with Crippen LogP contribution in [0, 0.1) is 0 Å². The Morgan fingerprint density at radius 3 is 2.44 bits per heavy atom. The minimum Gasteiger partial charge on any atom is -0.385 e. The molecule has 0 bridgehead atoms. The summed E-state index contributed by atoms with van der Waals surface area (Å²) in [6, 6.07) is 12.2. The van der Waals surface area contributed by atoms with Crippen LogP contribution in [-0.2, 0) is 16.9 Å². The predicted octanol–water partition coefficient (Wildman–Crippen LogP) is 3.05. The van der Waals surface area contributed by atoms with Crippen molar-refractivity contribution in [2.45, 2.75) is 25.0 Å². The Balaban J connectivity index is 1.26. The number of aliphatic hydroxyl groups is 1. The van der Waals surface area contributed by atoms with E-state index in [1.807, 2.05) is 30.3 Å². The van der Waals surface area contributed by atoms with Crippen molar-refractivity contribution in [2.24, 2.45) is 0 Å². The van der Waals surface area contributed by atoms with E-state index in [2.05, 4.69) is 25.8 Å². The molecule has 10 heteroatoms. The van der Waals surface area contributed by atoms with Crippen molar-refractivity contribution in [1.82, 2.24) is 24.8 Å². The van der Waals surface area contributed by atoms with Crippen molar-refractivity contribution in [3.63, 3.8) is 0 Å².